The predicted molar refractivity (Wildman–Crippen MR) is 114 cm³/mol. The first kappa shape index (κ1) is 20.1. The summed E-state index contributed by atoms with van der Waals surface area (Å²) < 4.78 is 0. The van der Waals surface area contributed by atoms with Gasteiger partial charge in [0.05, 0.1) is 0 Å². The average Bonchev–Trinajstić information content (AvgIpc) is 2.57. The quantitative estimate of drug-likeness (QED) is 0.380. The van der Waals surface area contributed by atoms with E-state index in [2.05, 4.69) is 76.2 Å². The van der Waals surface area contributed by atoms with Gasteiger partial charge in [-0.25, -0.2) is 0 Å². The fraction of sp³-hybridized carbons (Fsp3) is 0.478. The van der Waals surface area contributed by atoms with E-state index in [0.29, 0.717) is 0 Å². The maximum Gasteiger partial charge on any atom is 0.0140 e. The fourth-order valence-electron chi connectivity index (χ4n) is 3.17. The van der Waals surface area contributed by atoms with Gasteiger partial charge in [-0.1, -0.05) is 61.7 Å². The normalized spacial score (nSPS) is 11.3. The molecule has 25 heavy (non-hydrogen) atoms. The van der Waals surface area contributed by atoms with Crippen LogP contribution in [0.4, 0.5) is 0 Å². The highest BCUT2D eigenvalue weighted by Gasteiger charge is 2.12. The molecule has 0 bridgehead atoms. The zero-order valence-corrected chi connectivity index (χ0v) is 17.4. The lowest BCUT2D eigenvalue weighted by Gasteiger charge is -2.18. The Morgan fingerprint density at radius 3 is 2.48 bits per heavy atom. The van der Waals surface area contributed by atoms with Crippen molar-refractivity contribution in [2.24, 2.45) is 0 Å². The van der Waals surface area contributed by atoms with E-state index < -0.39 is 0 Å². The maximum absolute atomic E-state index is 2.37. The number of aryl methyl sites for hydroxylation is 2. The van der Waals surface area contributed by atoms with E-state index in [-0.39, 0.29) is 0 Å². The van der Waals surface area contributed by atoms with Crippen LogP contribution in [0.5, 0.6) is 0 Å². The summed E-state index contributed by atoms with van der Waals surface area (Å²) in [5, 5.41) is 0. The molecule has 0 heterocycles. The third-order valence-corrected chi connectivity index (χ3v) is 5.89. The van der Waals surface area contributed by atoms with E-state index in [0.717, 1.165) is 12.3 Å². The van der Waals surface area contributed by atoms with E-state index in [9.17, 15) is 0 Å². The lowest BCUT2D eigenvalue weighted by molar-refractivity contribution is 0.437. The molecule has 2 aromatic carbocycles. The van der Waals surface area contributed by atoms with E-state index in [1.165, 1.54) is 58.4 Å². The van der Waals surface area contributed by atoms with Crippen molar-refractivity contribution in [2.45, 2.75) is 51.3 Å². The first-order valence-corrected chi connectivity index (χ1v) is 10.5. The van der Waals surface area contributed by atoms with Crippen LogP contribution in [0.2, 0.25) is 0 Å². The molecule has 0 aliphatic carbocycles. The van der Waals surface area contributed by atoms with Crippen LogP contribution in [0, 0.1) is 13.8 Å². The van der Waals surface area contributed by atoms with Gasteiger partial charge in [-0.15, -0.1) is 11.8 Å². The van der Waals surface area contributed by atoms with Crippen LogP contribution in [0.3, 0.4) is 0 Å². The van der Waals surface area contributed by atoms with Crippen molar-refractivity contribution in [1.82, 2.24) is 4.90 Å². The second-order valence-corrected chi connectivity index (χ2v) is 8.31. The Hall–Kier alpha value is -1.25. The molecule has 0 spiro atoms. The fourth-order valence-corrected chi connectivity index (χ4v) is 4.51. The van der Waals surface area contributed by atoms with Gasteiger partial charge in [0.2, 0.25) is 0 Å². The number of hydrogen-bond acceptors (Lipinski definition) is 2. The van der Waals surface area contributed by atoms with Crippen LogP contribution >= 0.6 is 11.8 Å². The molecule has 0 amide bonds. The molecular weight excluding hydrogens is 322 g/mol. The highest BCUT2D eigenvalue weighted by Crippen LogP contribution is 2.35. The molecule has 136 valence electrons. The Labute approximate surface area is 158 Å². The molecule has 0 saturated heterocycles. The number of nitrogens with zero attached hydrogens (tertiary/aromatic N) is 1. The Balaban J connectivity index is 2.33. The summed E-state index contributed by atoms with van der Waals surface area (Å²) in [6.07, 6.45) is 5.10. The minimum atomic E-state index is 1.12. The van der Waals surface area contributed by atoms with Gasteiger partial charge in [-0.2, -0.15) is 0 Å². The first-order valence-electron chi connectivity index (χ1n) is 9.50. The number of rotatable bonds is 9. The van der Waals surface area contributed by atoms with Crippen molar-refractivity contribution >= 4 is 11.8 Å². The Bertz CT molecular complexity index is 676. The first-order chi connectivity index (χ1) is 12.0. The number of unbranched alkanes of at least 4 members (excludes halogenated alkanes) is 2. The summed E-state index contributed by atoms with van der Waals surface area (Å²) in [5.74, 6) is 1.14. The predicted octanol–water partition coefficient (Wildman–Crippen LogP) is 6.36. The zero-order valence-electron chi connectivity index (χ0n) is 16.6. The summed E-state index contributed by atoms with van der Waals surface area (Å²) in [6, 6.07) is 13.6. The molecule has 0 N–H and O–H groups in total. The molecule has 0 unspecified atom stereocenters. The molecule has 0 fully saturated rings. The molecule has 2 aromatic rings. The Morgan fingerprint density at radius 1 is 1.00 bits per heavy atom. The average molecular weight is 356 g/mol. The molecule has 0 atom stereocenters. The van der Waals surface area contributed by atoms with E-state index >= 15 is 0 Å². The van der Waals surface area contributed by atoms with Crippen LogP contribution in [-0.4, -0.2) is 31.3 Å². The smallest absolute Gasteiger partial charge is 0.0140 e. The van der Waals surface area contributed by atoms with Crippen molar-refractivity contribution in [2.75, 3.05) is 26.4 Å². The Kier molecular flexibility index (Phi) is 8.05. The minimum Gasteiger partial charge on any atom is -0.309 e. The van der Waals surface area contributed by atoms with Gasteiger partial charge in [0.25, 0.3) is 0 Å². The van der Waals surface area contributed by atoms with Gasteiger partial charge >= 0.3 is 0 Å². The highest BCUT2D eigenvalue weighted by atomic mass is 32.2. The van der Waals surface area contributed by atoms with Gasteiger partial charge < -0.3 is 4.90 Å². The molecule has 0 saturated carbocycles. The van der Waals surface area contributed by atoms with Crippen LogP contribution in [0.15, 0.2) is 41.3 Å². The zero-order chi connectivity index (χ0) is 18.2. The van der Waals surface area contributed by atoms with Gasteiger partial charge in [-0.05, 0) is 63.0 Å². The van der Waals surface area contributed by atoms with Gasteiger partial charge in [0.1, 0.15) is 0 Å². The van der Waals surface area contributed by atoms with Crippen LogP contribution in [0.1, 0.15) is 42.9 Å². The molecule has 0 aromatic heterocycles. The molecule has 1 nitrogen and oxygen atoms in total. The second-order valence-electron chi connectivity index (χ2n) is 7.20. The van der Waals surface area contributed by atoms with Crippen LogP contribution in [0.25, 0.3) is 11.1 Å². The van der Waals surface area contributed by atoms with Crippen molar-refractivity contribution in [3.05, 3.63) is 53.1 Å². The molecule has 0 radical (unpaired) electrons. The third kappa shape index (κ3) is 5.90. The van der Waals surface area contributed by atoms with Crippen LogP contribution in [-0.2, 0) is 6.42 Å². The lowest BCUT2D eigenvalue weighted by Crippen LogP contribution is -2.15. The van der Waals surface area contributed by atoms with E-state index in [1.807, 2.05) is 11.8 Å². The van der Waals surface area contributed by atoms with Crippen LogP contribution < -0.4 is 0 Å². The monoisotopic (exact) mass is 355 g/mol. The minimum absolute atomic E-state index is 1.12. The lowest BCUT2D eigenvalue weighted by atomic mass is 9.95. The summed E-state index contributed by atoms with van der Waals surface area (Å²) in [7, 11) is 4.30. The SMILES string of the molecule is CCCCCc1ccc(-c2cccc(C)c2)c(C)c1SCCN(C)C. The summed E-state index contributed by atoms with van der Waals surface area (Å²) in [4.78, 5) is 3.78. The number of benzene rings is 2. The summed E-state index contributed by atoms with van der Waals surface area (Å²) in [5.41, 5.74) is 7.03. The molecule has 0 aliphatic heterocycles. The topological polar surface area (TPSA) is 3.24 Å². The third-order valence-electron chi connectivity index (χ3n) is 4.65. The second kappa shape index (κ2) is 10.0. The molecule has 0 aliphatic rings. The van der Waals surface area contributed by atoms with Crippen molar-refractivity contribution in [1.29, 1.82) is 0 Å². The highest BCUT2D eigenvalue weighted by molar-refractivity contribution is 7.99. The summed E-state index contributed by atoms with van der Waals surface area (Å²) in [6.45, 7) is 7.87. The maximum atomic E-state index is 2.37. The molecular formula is C23H33NS. The molecule has 2 heteroatoms. The van der Waals surface area contributed by atoms with E-state index in [4.69, 9.17) is 0 Å². The Morgan fingerprint density at radius 2 is 1.80 bits per heavy atom. The van der Waals surface area contributed by atoms with Gasteiger partial charge in [0, 0.05) is 17.2 Å². The number of hydrogen-bond donors (Lipinski definition) is 0. The molecule has 2 rings (SSSR count). The van der Waals surface area contributed by atoms with Crippen molar-refractivity contribution < 1.29 is 0 Å². The van der Waals surface area contributed by atoms with Crippen molar-refractivity contribution in [3.8, 4) is 11.1 Å². The standard InChI is InChI=1S/C23H33NS/c1-6-7-8-11-20-13-14-22(21-12-9-10-18(2)17-21)19(3)23(20)25-16-15-24(4)5/h9-10,12-14,17H,6-8,11,15-16H2,1-5H3. The summed E-state index contributed by atoms with van der Waals surface area (Å²) >= 11 is 2.03. The van der Waals surface area contributed by atoms with Gasteiger partial charge in [0.15, 0.2) is 0 Å². The van der Waals surface area contributed by atoms with Gasteiger partial charge in [-0.3, -0.25) is 0 Å². The van der Waals surface area contributed by atoms with E-state index in [1.54, 1.807) is 0 Å². The largest absolute Gasteiger partial charge is 0.309 e. The van der Waals surface area contributed by atoms with Crippen molar-refractivity contribution in [3.63, 3.8) is 0 Å². The number of thioether (sulfide) groups is 1.